The van der Waals surface area contributed by atoms with Gasteiger partial charge in [0.2, 0.25) is 0 Å². The van der Waals surface area contributed by atoms with E-state index in [0.29, 0.717) is 49.0 Å². The van der Waals surface area contributed by atoms with Gasteiger partial charge in [0.05, 0.1) is 11.1 Å². The van der Waals surface area contributed by atoms with E-state index in [1.807, 2.05) is 40.9 Å². The maximum Gasteiger partial charge on any atom is 0.274 e. The van der Waals surface area contributed by atoms with Gasteiger partial charge in [-0.25, -0.2) is 9.50 Å². The lowest BCUT2D eigenvalue weighted by Crippen LogP contribution is -2.37. The van der Waals surface area contributed by atoms with Crippen LogP contribution >= 0.6 is 11.8 Å². The van der Waals surface area contributed by atoms with Crippen LogP contribution in [0.1, 0.15) is 5.56 Å². The Bertz CT molecular complexity index is 1820. The molecule has 246 valence electrons. The first-order chi connectivity index (χ1) is 21.9. The maximum absolute atomic E-state index is 13.8. The van der Waals surface area contributed by atoms with E-state index in [4.69, 9.17) is 14.5 Å². The topological polar surface area (TPSA) is 132 Å². The second-order valence-corrected chi connectivity index (χ2v) is 26.6. The predicted octanol–water partition coefficient (Wildman–Crippen LogP) is 5.39. The highest BCUT2D eigenvalue weighted by atomic mass is 32.2. The predicted molar refractivity (Wildman–Crippen MR) is 194 cm³/mol. The van der Waals surface area contributed by atoms with Crippen LogP contribution in [0.4, 0.5) is 11.6 Å². The van der Waals surface area contributed by atoms with Crippen molar-refractivity contribution in [3.63, 3.8) is 0 Å². The molecule has 0 bridgehead atoms. The van der Waals surface area contributed by atoms with Crippen LogP contribution in [0, 0.1) is 11.3 Å². The lowest BCUT2D eigenvalue weighted by molar-refractivity contribution is 0.0942. The van der Waals surface area contributed by atoms with Gasteiger partial charge in [-0.3, -0.25) is 14.7 Å². The monoisotopic (exact) mass is 679 g/mol. The number of anilines is 2. The maximum atomic E-state index is 13.8. The van der Waals surface area contributed by atoms with Crippen LogP contribution in [-0.2, 0) is 9.47 Å². The molecule has 1 fully saturated rings. The number of nitriles is 1. The van der Waals surface area contributed by atoms with Gasteiger partial charge < -0.3 is 24.3 Å². The Kier molecular flexibility index (Phi) is 10.5. The van der Waals surface area contributed by atoms with Crippen molar-refractivity contribution in [3.8, 4) is 17.2 Å². The van der Waals surface area contributed by atoms with Gasteiger partial charge in [-0.1, -0.05) is 57.5 Å². The number of H-pyrrole nitrogens is 2. The minimum Gasteiger partial charge on any atom is -0.361 e. The van der Waals surface area contributed by atoms with Crippen LogP contribution in [0.15, 0.2) is 39.9 Å². The van der Waals surface area contributed by atoms with E-state index < -0.39 is 21.7 Å². The molecule has 46 heavy (non-hydrogen) atoms. The zero-order chi connectivity index (χ0) is 33.1. The molecule has 0 spiro atoms. The van der Waals surface area contributed by atoms with Crippen molar-refractivity contribution >= 4 is 56.1 Å². The third-order valence-electron chi connectivity index (χ3n) is 7.98. The molecule has 4 aromatic rings. The average molecular weight is 680 g/mol. The molecule has 1 aromatic carbocycles. The first-order valence-corrected chi connectivity index (χ1v) is 24.4. The number of aromatic nitrogens is 4. The van der Waals surface area contributed by atoms with Crippen molar-refractivity contribution in [2.24, 2.45) is 0 Å². The van der Waals surface area contributed by atoms with Crippen molar-refractivity contribution in [3.05, 3.63) is 56.6 Å². The number of hydrogen-bond donors (Lipinski definition) is 2. The normalized spacial score (nSPS) is 14.2. The average Bonchev–Trinajstić information content (AvgIpc) is 3.33. The van der Waals surface area contributed by atoms with Crippen molar-refractivity contribution in [2.75, 3.05) is 61.1 Å². The second-order valence-electron chi connectivity index (χ2n) is 14.2. The molecule has 11 nitrogen and oxygen atoms in total. The van der Waals surface area contributed by atoms with Crippen LogP contribution in [0.3, 0.4) is 0 Å². The number of para-hydroxylation sites is 1. The fourth-order valence-electron chi connectivity index (χ4n) is 5.30. The smallest absolute Gasteiger partial charge is 0.274 e. The Morgan fingerprint density at radius 1 is 0.978 bits per heavy atom. The number of ether oxygens (including phenoxy) is 2. The molecule has 1 saturated heterocycles. The van der Waals surface area contributed by atoms with Crippen LogP contribution in [0.25, 0.3) is 27.7 Å². The number of rotatable bonds is 13. The highest BCUT2D eigenvalue weighted by Crippen LogP contribution is 2.33. The van der Waals surface area contributed by atoms with Gasteiger partial charge in [-0.05, 0) is 29.6 Å². The van der Waals surface area contributed by atoms with Gasteiger partial charge in [-0.2, -0.15) is 17.0 Å². The summed E-state index contributed by atoms with van der Waals surface area (Å²) < 4.78 is 14.0. The molecular weight excluding hydrogens is 635 g/mol. The largest absolute Gasteiger partial charge is 0.361 e. The number of aromatic amines is 2. The Balaban J connectivity index is 1.68. The summed E-state index contributed by atoms with van der Waals surface area (Å²) >= 11 is 1.86. The van der Waals surface area contributed by atoms with Crippen LogP contribution in [0.2, 0.25) is 51.4 Å². The highest BCUT2D eigenvalue weighted by Gasteiger charge is 2.29. The van der Waals surface area contributed by atoms with Crippen molar-refractivity contribution in [1.29, 1.82) is 5.26 Å². The molecule has 0 amide bonds. The Labute approximate surface area is 275 Å². The molecule has 0 unspecified atom stereocenters. The molecular formula is C32H45N7O4SSi2. The molecule has 3 aromatic heterocycles. The summed E-state index contributed by atoms with van der Waals surface area (Å²) in [5.74, 6) is 2.72. The van der Waals surface area contributed by atoms with E-state index in [1.165, 1.54) is 4.52 Å². The molecule has 0 atom stereocenters. The van der Waals surface area contributed by atoms with E-state index in [2.05, 4.69) is 60.3 Å². The van der Waals surface area contributed by atoms with E-state index in [1.54, 1.807) is 6.07 Å². The number of nitrogens with zero attached hydrogens (tertiary/aromatic N) is 5. The highest BCUT2D eigenvalue weighted by molar-refractivity contribution is 7.99. The van der Waals surface area contributed by atoms with Gasteiger partial charge in [0.25, 0.3) is 11.1 Å². The van der Waals surface area contributed by atoms with Crippen molar-refractivity contribution in [2.45, 2.75) is 51.4 Å². The molecule has 1 aliphatic rings. The van der Waals surface area contributed by atoms with Crippen molar-refractivity contribution in [1.82, 2.24) is 19.6 Å². The van der Waals surface area contributed by atoms with Crippen LogP contribution < -0.4 is 20.9 Å². The fraction of sp³-hybridized carbons (Fsp3) is 0.500. The number of thioether (sulfide) groups is 1. The molecule has 0 aliphatic carbocycles. The summed E-state index contributed by atoms with van der Waals surface area (Å²) in [6, 6.07) is 13.6. The van der Waals surface area contributed by atoms with Crippen LogP contribution in [0.5, 0.6) is 0 Å². The molecule has 4 heterocycles. The molecule has 0 radical (unpaired) electrons. The number of benzene rings is 1. The fourth-order valence-corrected chi connectivity index (χ4v) is 7.71. The summed E-state index contributed by atoms with van der Waals surface area (Å²) in [6.45, 7) is 16.7. The minimum absolute atomic E-state index is 0.157. The zero-order valence-corrected chi connectivity index (χ0v) is 30.6. The molecule has 2 N–H and O–H groups in total. The van der Waals surface area contributed by atoms with E-state index in [-0.39, 0.29) is 35.8 Å². The van der Waals surface area contributed by atoms with Gasteiger partial charge in [-0.15, -0.1) is 0 Å². The molecule has 14 heteroatoms. The first kappa shape index (κ1) is 34.0. The quantitative estimate of drug-likeness (QED) is 0.109. The first-order valence-electron chi connectivity index (χ1n) is 15.8. The summed E-state index contributed by atoms with van der Waals surface area (Å²) in [7, 11) is -2.69. The summed E-state index contributed by atoms with van der Waals surface area (Å²) in [4.78, 5) is 39.0. The number of pyridine rings is 1. The minimum atomic E-state index is -1.35. The lowest BCUT2D eigenvalue weighted by Gasteiger charge is -2.31. The molecule has 5 rings (SSSR count). The lowest BCUT2D eigenvalue weighted by atomic mass is 10.1. The van der Waals surface area contributed by atoms with Gasteiger partial charge in [0.1, 0.15) is 25.1 Å². The van der Waals surface area contributed by atoms with Crippen LogP contribution in [-0.4, -0.2) is 87.0 Å². The number of nitrogens with one attached hydrogen (secondary N) is 2. The standard InChI is InChI=1S/C32H45N7O4SSi2/c1-45(2,3)17-13-42-21-38(22-43-14-18-46(4,5)6)32-25(20-33)28(37-11-15-44-16-12-37)35-29-27(31(41)36-39(29)32)24-19-23-9-7-8-10-26(23)34-30(24)40/h7-10,19H,11-18,21-22H2,1-6H3,(H,34,40)(H,36,41). The van der Waals surface area contributed by atoms with Gasteiger partial charge in [0, 0.05) is 59.5 Å². The number of hydrogen-bond acceptors (Lipinski definition) is 9. The van der Waals surface area contributed by atoms with E-state index >= 15 is 0 Å². The van der Waals surface area contributed by atoms with Crippen molar-refractivity contribution < 1.29 is 9.47 Å². The van der Waals surface area contributed by atoms with Gasteiger partial charge >= 0.3 is 0 Å². The van der Waals surface area contributed by atoms with E-state index in [9.17, 15) is 14.9 Å². The summed E-state index contributed by atoms with van der Waals surface area (Å²) in [5.41, 5.74) is 0.806. The third kappa shape index (κ3) is 7.95. The van der Waals surface area contributed by atoms with E-state index in [0.717, 1.165) is 29.0 Å². The SMILES string of the molecule is C[Si](C)(C)CCOCN(COCC[Si](C)(C)C)c1c(C#N)c(N2CCSCC2)nc2c(-c3cc4ccccc4[nH]c3=O)c(=O)[nH]n12. The Hall–Kier alpha value is -3.36. The second kappa shape index (κ2) is 14.2. The summed E-state index contributed by atoms with van der Waals surface area (Å²) in [6.07, 6.45) is 0. The Morgan fingerprint density at radius 2 is 1.61 bits per heavy atom. The third-order valence-corrected chi connectivity index (χ3v) is 12.3. The zero-order valence-electron chi connectivity index (χ0n) is 27.7. The Morgan fingerprint density at radius 3 is 2.22 bits per heavy atom. The molecule has 0 saturated carbocycles. The number of fused-ring (bicyclic) bond motifs is 2. The molecule has 1 aliphatic heterocycles. The summed E-state index contributed by atoms with van der Waals surface area (Å²) in [5, 5.41) is 14.4. The van der Waals surface area contributed by atoms with Gasteiger partial charge in [0.15, 0.2) is 17.3 Å².